The molecule has 1 heterocycles. The summed E-state index contributed by atoms with van der Waals surface area (Å²) in [5.41, 5.74) is 2.33. The molecule has 3 N–H and O–H groups in total. The molecule has 0 aliphatic rings. The number of sulfonamides is 1. The van der Waals surface area contributed by atoms with Gasteiger partial charge in [-0.3, -0.25) is 4.79 Å². The van der Waals surface area contributed by atoms with Gasteiger partial charge in [0.2, 0.25) is 10.0 Å². The van der Waals surface area contributed by atoms with Crippen LogP contribution in [0.25, 0.3) is 0 Å². The normalized spacial score (nSPS) is 11.3. The third-order valence-corrected chi connectivity index (χ3v) is 5.50. The number of nitrogens with zero attached hydrogens (tertiary/aromatic N) is 1. The van der Waals surface area contributed by atoms with Gasteiger partial charge in [0.05, 0.1) is 22.1 Å². The van der Waals surface area contributed by atoms with Crippen LogP contribution in [0.3, 0.4) is 0 Å². The topological polar surface area (TPSA) is 102 Å². The van der Waals surface area contributed by atoms with Crippen molar-refractivity contribution in [3.8, 4) is 0 Å². The van der Waals surface area contributed by atoms with Crippen molar-refractivity contribution < 1.29 is 13.2 Å². The zero-order chi connectivity index (χ0) is 18.6. The summed E-state index contributed by atoms with van der Waals surface area (Å²) < 4.78 is 22.5. The lowest BCUT2D eigenvalue weighted by Gasteiger charge is -2.04. The first-order valence-corrected chi connectivity index (χ1v) is 10.2. The van der Waals surface area contributed by atoms with E-state index in [0.29, 0.717) is 12.1 Å². The molecule has 0 fully saturated rings. The molecule has 0 saturated heterocycles. The maximum atomic E-state index is 12.2. The van der Waals surface area contributed by atoms with E-state index in [1.807, 2.05) is 35.7 Å². The number of nitrogens with two attached hydrogens (primary N) is 1. The van der Waals surface area contributed by atoms with E-state index in [-0.39, 0.29) is 10.8 Å². The summed E-state index contributed by atoms with van der Waals surface area (Å²) in [7, 11) is -3.76. The molecule has 2 aromatic carbocycles. The van der Waals surface area contributed by atoms with Crippen molar-refractivity contribution in [3.63, 3.8) is 0 Å². The highest BCUT2D eigenvalue weighted by Crippen LogP contribution is 2.15. The smallest absolute Gasteiger partial charge is 0.251 e. The highest BCUT2D eigenvalue weighted by Gasteiger charge is 2.11. The van der Waals surface area contributed by atoms with Gasteiger partial charge in [-0.05, 0) is 29.8 Å². The lowest BCUT2D eigenvalue weighted by Crippen LogP contribution is -2.23. The number of hydrogen-bond donors (Lipinski definition) is 2. The Bertz CT molecular complexity index is 998. The number of carbonyl (C=O) groups excluding carboxylic acids is 1. The molecule has 134 valence electrons. The van der Waals surface area contributed by atoms with Gasteiger partial charge in [0, 0.05) is 17.4 Å². The summed E-state index contributed by atoms with van der Waals surface area (Å²) >= 11 is 1.55. The van der Waals surface area contributed by atoms with Crippen LogP contribution < -0.4 is 10.5 Å². The number of nitrogens with one attached hydrogen (secondary N) is 1. The molecule has 0 aliphatic heterocycles. The lowest BCUT2D eigenvalue weighted by atomic mass is 10.2. The monoisotopic (exact) mass is 387 g/mol. The SMILES string of the molecule is NS(=O)(=O)c1ccc(C(=O)NCc2csc(Cc3ccccc3)n2)cc1. The number of carbonyl (C=O) groups is 1. The molecule has 0 bridgehead atoms. The maximum absolute atomic E-state index is 12.2. The van der Waals surface area contributed by atoms with Crippen molar-refractivity contribution in [1.82, 2.24) is 10.3 Å². The summed E-state index contributed by atoms with van der Waals surface area (Å²) in [6, 6.07) is 15.5. The summed E-state index contributed by atoms with van der Waals surface area (Å²) in [6.07, 6.45) is 0.758. The fourth-order valence-electron chi connectivity index (χ4n) is 2.35. The summed E-state index contributed by atoms with van der Waals surface area (Å²) in [5, 5.41) is 10.7. The van der Waals surface area contributed by atoms with Crippen molar-refractivity contribution >= 4 is 27.3 Å². The number of primary sulfonamides is 1. The fraction of sp³-hybridized carbons (Fsp3) is 0.111. The van der Waals surface area contributed by atoms with Crippen LogP contribution in [-0.4, -0.2) is 19.3 Å². The van der Waals surface area contributed by atoms with E-state index in [0.717, 1.165) is 17.1 Å². The molecular weight excluding hydrogens is 370 g/mol. The molecule has 0 aliphatic carbocycles. The van der Waals surface area contributed by atoms with Crippen LogP contribution in [0.4, 0.5) is 0 Å². The molecular formula is C18H17N3O3S2. The number of thiazole rings is 1. The molecule has 3 aromatic rings. The van der Waals surface area contributed by atoms with Crippen LogP contribution >= 0.6 is 11.3 Å². The Morgan fingerprint density at radius 2 is 1.77 bits per heavy atom. The number of hydrogen-bond acceptors (Lipinski definition) is 5. The average Bonchev–Trinajstić information content (AvgIpc) is 3.07. The highest BCUT2D eigenvalue weighted by molar-refractivity contribution is 7.89. The quantitative estimate of drug-likeness (QED) is 0.677. The van der Waals surface area contributed by atoms with Crippen LogP contribution in [0, 0.1) is 0 Å². The molecule has 0 saturated carbocycles. The fourth-order valence-corrected chi connectivity index (χ4v) is 3.69. The van der Waals surface area contributed by atoms with Crippen LogP contribution in [0.1, 0.15) is 26.6 Å². The van der Waals surface area contributed by atoms with Crippen LogP contribution in [0.5, 0.6) is 0 Å². The Hall–Kier alpha value is -2.55. The minimum atomic E-state index is -3.76. The second kappa shape index (κ2) is 7.77. The zero-order valence-corrected chi connectivity index (χ0v) is 15.4. The van der Waals surface area contributed by atoms with Gasteiger partial charge < -0.3 is 5.32 Å². The molecule has 3 rings (SSSR count). The minimum Gasteiger partial charge on any atom is -0.346 e. The molecule has 1 aromatic heterocycles. The number of amides is 1. The largest absolute Gasteiger partial charge is 0.346 e. The van der Waals surface area contributed by atoms with E-state index in [9.17, 15) is 13.2 Å². The van der Waals surface area contributed by atoms with Gasteiger partial charge >= 0.3 is 0 Å². The second-order valence-electron chi connectivity index (χ2n) is 5.65. The lowest BCUT2D eigenvalue weighted by molar-refractivity contribution is 0.0950. The van der Waals surface area contributed by atoms with Crippen molar-refractivity contribution in [2.75, 3.05) is 0 Å². The van der Waals surface area contributed by atoms with E-state index >= 15 is 0 Å². The maximum Gasteiger partial charge on any atom is 0.251 e. The Balaban J connectivity index is 1.58. The van der Waals surface area contributed by atoms with E-state index in [1.54, 1.807) is 11.3 Å². The molecule has 6 nitrogen and oxygen atoms in total. The van der Waals surface area contributed by atoms with Gasteiger partial charge in [-0.15, -0.1) is 11.3 Å². The molecule has 8 heteroatoms. The molecule has 0 spiro atoms. The molecule has 1 amide bonds. The predicted octanol–water partition coefficient (Wildman–Crippen LogP) is 2.31. The summed E-state index contributed by atoms with van der Waals surface area (Å²) in [5.74, 6) is -0.302. The first-order chi connectivity index (χ1) is 12.4. The predicted molar refractivity (Wildman–Crippen MR) is 100 cm³/mol. The average molecular weight is 387 g/mol. The van der Waals surface area contributed by atoms with Crippen molar-refractivity contribution in [2.45, 2.75) is 17.9 Å². The van der Waals surface area contributed by atoms with Gasteiger partial charge in [0.1, 0.15) is 0 Å². The van der Waals surface area contributed by atoms with Gasteiger partial charge in [-0.2, -0.15) is 0 Å². The first kappa shape index (κ1) is 18.2. The molecule has 0 atom stereocenters. The Morgan fingerprint density at radius 1 is 1.08 bits per heavy atom. The van der Waals surface area contributed by atoms with Gasteiger partial charge in [-0.25, -0.2) is 18.5 Å². The number of benzene rings is 2. The van der Waals surface area contributed by atoms with Gasteiger partial charge in [0.25, 0.3) is 5.91 Å². The zero-order valence-electron chi connectivity index (χ0n) is 13.8. The van der Waals surface area contributed by atoms with E-state index < -0.39 is 10.0 Å². The number of aromatic nitrogens is 1. The third kappa shape index (κ3) is 4.75. The van der Waals surface area contributed by atoms with Crippen LogP contribution in [0.2, 0.25) is 0 Å². The summed E-state index contributed by atoms with van der Waals surface area (Å²) in [4.78, 5) is 16.7. The van der Waals surface area contributed by atoms with Crippen molar-refractivity contribution in [3.05, 3.63) is 81.8 Å². The Kier molecular flexibility index (Phi) is 5.46. The first-order valence-electron chi connectivity index (χ1n) is 7.80. The molecule has 0 unspecified atom stereocenters. The van der Waals surface area contributed by atoms with Crippen molar-refractivity contribution in [1.29, 1.82) is 0 Å². The third-order valence-electron chi connectivity index (χ3n) is 3.67. The molecule has 26 heavy (non-hydrogen) atoms. The minimum absolute atomic E-state index is 0.0286. The van der Waals surface area contributed by atoms with Crippen LogP contribution in [-0.2, 0) is 23.0 Å². The van der Waals surface area contributed by atoms with E-state index in [2.05, 4.69) is 10.3 Å². The number of rotatable bonds is 6. The summed E-state index contributed by atoms with van der Waals surface area (Å²) in [6.45, 7) is 0.307. The van der Waals surface area contributed by atoms with E-state index in [1.165, 1.54) is 29.8 Å². The van der Waals surface area contributed by atoms with Crippen LogP contribution in [0.15, 0.2) is 64.9 Å². The van der Waals surface area contributed by atoms with Gasteiger partial charge in [-0.1, -0.05) is 30.3 Å². The molecule has 0 radical (unpaired) electrons. The Morgan fingerprint density at radius 3 is 2.42 bits per heavy atom. The Labute approximate surface area is 155 Å². The van der Waals surface area contributed by atoms with Gasteiger partial charge in [0.15, 0.2) is 0 Å². The van der Waals surface area contributed by atoms with E-state index in [4.69, 9.17) is 5.14 Å². The highest BCUT2D eigenvalue weighted by atomic mass is 32.2. The standard InChI is InChI=1S/C18H17N3O3S2/c19-26(23,24)16-8-6-14(7-9-16)18(22)20-11-15-12-25-17(21-15)10-13-4-2-1-3-5-13/h1-9,12H,10-11H2,(H,20,22)(H2,19,23,24). The second-order valence-corrected chi connectivity index (χ2v) is 8.15. The van der Waals surface area contributed by atoms with Crippen molar-refractivity contribution in [2.24, 2.45) is 5.14 Å².